The molecule has 0 aliphatic heterocycles. The Kier molecular flexibility index (Phi) is 5.36. The van der Waals surface area contributed by atoms with E-state index in [0.717, 1.165) is 14.8 Å². The molecule has 0 aliphatic carbocycles. The number of carbonyl (C=O) groups excluding carboxylic acids is 1. The van der Waals surface area contributed by atoms with Gasteiger partial charge in [-0.05, 0) is 0 Å². The topological polar surface area (TPSA) is 88.4 Å². The molecular weight excluding hydrogens is 372 g/mol. The third kappa shape index (κ3) is 3.56. The first kappa shape index (κ1) is 20.1. The van der Waals surface area contributed by atoms with Crippen LogP contribution in [-0.2, 0) is 14.1 Å². The number of anilines is 1. The second-order valence-electron chi connectivity index (χ2n) is 6.97. The number of benzene rings is 1. The smallest absolute Gasteiger partial charge is 0.333 e. The molecule has 3 aromatic rings. The van der Waals surface area contributed by atoms with Crippen molar-refractivity contribution < 1.29 is 14.5 Å². The van der Waals surface area contributed by atoms with Crippen molar-refractivity contribution in [1.29, 1.82) is 0 Å². The predicted molar refractivity (Wildman–Crippen MR) is 108 cm³/mol. The minimum atomic E-state index is -1.14. The lowest BCUT2D eigenvalue weighted by Crippen LogP contribution is -2.49. The lowest BCUT2D eigenvalue weighted by atomic mass is 9.98. The molecule has 2 heterocycles. The molecule has 1 aromatic carbocycles. The molecule has 0 fully saturated rings. The van der Waals surface area contributed by atoms with E-state index >= 15 is 0 Å². The Bertz CT molecular complexity index is 1160. The monoisotopic (exact) mass is 395 g/mol. The molecular formula is C21H23N4O4+. The van der Waals surface area contributed by atoms with Gasteiger partial charge in [0.25, 0.3) is 11.6 Å². The second-order valence-corrected chi connectivity index (χ2v) is 6.97. The lowest BCUT2D eigenvalue weighted by Gasteiger charge is -2.16. The van der Waals surface area contributed by atoms with Gasteiger partial charge in [0.2, 0.25) is 11.7 Å². The largest absolute Gasteiger partial charge is 0.494 e. The van der Waals surface area contributed by atoms with Crippen LogP contribution in [0.1, 0.15) is 22.0 Å². The van der Waals surface area contributed by atoms with Crippen LogP contribution in [0, 0.1) is 0 Å². The number of rotatable bonds is 5. The van der Waals surface area contributed by atoms with Crippen molar-refractivity contribution in [3.05, 3.63) is 86.8 Å². The maximum Gasteiger partial charge on any atom is 0.333 e. The minimum Gasteiger partial charge on any atom is -0.494 e. The third-order valence-corrected chi connectivity index (χ3v) is 4.90. The standard InChI is InChI=1S/C21H22N4O4/c1-22(2)15-10-12-25(13-11-15)17(18(26)14-8-6-5-7-9-14)16-19(27)23(3)21(29)24(4)20(16)28/h5-13,17H,1-4H3/p+1. The zero-order valence-corrected chi connectivity index (χ0v) is 16.7. The van der Waals surface area contributed by atoms with E-state index in [0.29, 0.717) is 5.56 Å². The molecule has 2 aromatic heterocycles. The van der Waals surface area contributed by atoms with Crippen molar-refractivity contribution >= 4 is 11.5 Å². The predicted octanol–water partition coefficient (Wildman–Crippen LogP) is 0.615. The van der Waals surface area contributed by atoms with Crippen molar-refractivity contribution in [3.8, 4) is 5.88 Å². The molecule has 1 atom stereocenters. The Hall–Kier alpha value is -3.68. The fourth-order valence-electron chi connectivity index (χ4n) is 3.17. The molecule has 29 heavy (non-hydrogen) atoms. The third-order valence-electron chi connectivity index (χ3n) is 4.90. The summed E-state index contributed by atoms with van der Waals surface area (Å²) < 4.78 is 3.40. The van der Waals surface area contributed by atoms with Gasteiger partial charge in [-0.1, -0.05) is 30.3 Å². The van der Waals surface area contributed by atoms with Crippen LogP contribution in [0.2, 0.25) is 0 Å². The highest BCUT2D eigenvalue weighted by atomic mass is 16.3. The molecule has 1 N–H and O–H groups in total. The Morgan fingerprint density at radius 2 is 1.59 bits per heavy atom. The molecule has 0 amide bonds. The number of hydrogen-bond donors (Lipinski definition) is 1. The van der Waals surface area contributed by atoms with E-state index in [9.17, 15) is 19.5 Å². The van der Waals surface area contributed by atoms with Crippen LogP contribution in [0.3, 0.4) is 0 Å². The summed E-state index contributed by atoms with van der Waals surface area (Å²) in [4.78, 5) is 40.4. The Morgan fingerprint density at radius 3 is 2.14 bits per heavy atom. The van der Waals surface area contributed by atoms with Gasteiger partial charge >= 0.3 is 5.69 Å². The molecule has 150 valence electrons. The number of ketones is 1. The molecule has 0 spiro atoms. The van der Waals surface area contributed by atoms with E-state index in [4.69, 9.17) is 0 Å². The van der Waals surface area contributed by atoms with E-state index in [1.165, 1.54) is 14.1 Å². The van der Waals surface area contributed by atoms with E-state index in [1.807, 2.05) is 19.0 Å². The van der Waals surface area contributed by atoms with Crippen LogP contribution in [-0.4, -0.2) is 34.1 Å². The van der Waals surface area contributed by atoms with E-state index in [1.54, 1.807) is 59.4 Å². The molecule has 1 unspecified atom stereocenters. The van der Waals surface area contributed by atoms with Gasteiger partial charge in [-0.3, -0.25) is 18.7 Å². The van der Waals surface area contributed by atoms with Crippen LogP contribution in [0.25, 0.3) is 0 Å². The van der Waals surface area contributed by atoms with E-state index < -0.39 is 23.2 Å². The summed E-state index contributed by atoms with van der Waals surface area (Å²) in [5.74, 6) is -0.907. The molecule has 0 aliphatic rings. The summed E-state index contributed by atoms with van der Waals surface area (Å²) in [5, 5.41) is 10.6. The van der Waals surface area contributed by atoms with Crippen molar-refractivity contribution in [1.82, 2.24) is 9.13 Å². The first-order valence-corrected chi connectivity index (χ1v) is 9.00. The molecule has 0 bridgehead atoms. The van der Waals surface area contributed by atoms with Crippen LogP contribution >= 0.6 is 0 Å². The quantitative estimate of drug-likeness (QED) is 0.505. The van der Waals surface area contributed by atoms with Crippen LogP contribution in [0.15, 0.2) is 64.4 Å². The Labute approximate surface area is 167 Å². The number of hydrogen-bond acceptors (Lipinski definition) is 5. The lowest BCUT2D eigenvalue weighted by molar-refractivity contribution is -0.699. The van der Waals surface area contributed by atoms with Crippen LogP contribution in [0.4, 0.5) is 5.69 Å². The van der Waals surface area contributed by atoms with Crippen molar-refractivity contribution in [2.75, 3.05) is 19.0 Å². The number of pyridine rings is 1. The average molecular weight is 395 g/mol. The molecule has 0 radical (unpaired) electrons. The molecule has 0 saturated carbocycles. The minimum absolute atomic E-state index is 0.161. The molecule has 8 heteroatoms. The zero-order chi connectivity index (χ0) is 21.3. The van der Waals surface area contributed by atoms with Crippen molar-refractivity contribution in [2.45, 2.75) is 6.04 Å². The summed E-state index contributed by atoms with van der Waals surface area (Å²) in [6.45, 7) is 0. The number of Topliss-reactive ketones (excluding diaryl/α,β-unsaturated/α-hetero) is 1. The Balaban J connectivity index is 2.29. The fraction of sp³-hybridized carbons (Fsp3) is 0.238. The first-order valence-electron chi connectivity index (χ1n) is 9.00. The van der Waals surface area contributed by atoms with E-state index in [-0.39, 0.29) is 11.3 Å². The zero-order valence-electron chi connectivity index (χ0n) is 16.7. The summed E-state index contributed by atoms with van der Waals surface area (Å²) in [6, 6.07) is 11.0. The van der Waals surface area contributed by atoms with Gasteiger partial charge in [-0.25, -0.2) is 4.79 Å². The fourth-order valence-corrected chi connectivity index (χ4v) is 3.17. The summed E-state index contributed by atoms with van der Waals surface area (Å²) in [5.41, 5.74) is -0.257. The highest BCUT2D eigenvalue weighted by Crippen LogP contribution is 2.23. The van der Waals surface area contributed by atoms with Gasteiger partial charge in [0, 0.05) is 51.6 Å². The van der Waals surface area contributed by atoms with Gasteiger partial charge in [-0.2, -0.15) is 4.57 Å². The maximum atomic E-state index is 13.4. The maximum absolute atomic E-state index is 13.4. The van der Waals surface area contributed by atoms with Crippen molar-refractivity contribution in [3.63, 3.8) is 0 Å². The van der Waals surface area contributed by atoms with Gasteiger partial charge < -0.3 is 10.0 Å². The summed E-state index contributed by atoms with van der Waals surface area (Å²) >= 11 is 0. The highest BCUT2D eigenvalue weighted by molar-refractivity contribution is 5.99. The van der Waals surface area contributed by atoms with Gasteiger partial charge in [-0.15, -0.1) is 0 Å². The van der Waals surface area contributed by atoms with Gasteiger partial charge in [0.1, 0.15) is 0 Å². The second kappa shape index (κ2) is 7.75. The molecule has 8 nitrogen and oxygen atoms in total. The normalized spacial score (nSPS) is 11.9. The number of aromatic hydroxyl groups is 1. The van der Waals surface area contributed by atoms with Crippen molar-refractivity contribution in [2.24, 2.45) is 14.1 Å². The number of aromatic nitrogens is 3. The first-order chi connectivity index (χ1) is 13.7. The molecule has 0 saturated heterocycles. The molecule has 3 rings (SSSR count). The average Bonchev–Trinajstić information content (AvgIpc) is 2.74. The van der Waals surface area contributed by atoms with Gasteiger partial charge in [0.15, 0.2) is 18.0 Å². The number of nitrogens with zero attached hydrogens (tertiary/aromatic N) is 4. The Morgan fingerprint density at radius 1 is 1.00 bits per heavy atom. The van der Waals surface area contributed by atoms with E-state index in [2.05, 4.69) is 0 Å². The summed E-state index contributed by atoms with van der Waals surface area (Å²) in [7, 11) is 6.45. The van der Waals surface area contributed by atoms with Crippen LogP contribution in [0.5, 0.6) is 5.88 Å². The van der Waals surface area contributed by atoms with Crippen LogP contribution < -0.4 is 20.7 Å². The summed E-state index contributed by atoms with van der Waals surface area (Å²) in [6.07, 6.45) is 3.34. The van der Waals surface area contributed by atoms with Gasteiger partial charge in [0.05, 0.1) is 0 Å². The number of carbonyl (C=O) groups is 1. The SMILES string of the molecule is CN(C)c1cc[n+](C(C(=O)c2ccccc2)c2c(O)n(C)c(=O)n(C)c2=O)cc1. The highest BCUT2D eigenvalue weighted by Gasteiger charge is 2.37.